The van der Waals surface area contributed by atoms with Gasteiger partial charge in [0.2, 0.25) is 0 Å². The van der Waals surface area contributed by atoms with Crippen LogP contribution in [0.25, 0.3) is 16.8 Å². The lowest BCUT2D eigenvalue weighted by Crippen LogP contribution is -2.30. The Bertz CT molecular complexity index is 1090. The van der Waals surface area contributed by atoms with Crippen molar-refractivity contribution in [2.24, 2.45) is 4.99 Å². The van der Waals surface area contributed by atoms with Gasteiger partial charge in [0.15, 0.2) is 5.17 Å². The van der Waals surface area contributed by atoms with Gasteiger partial charge in [-0.05, 0) is 59.7 Å². The van der Waals surface area contributed by atoms with Gasteiger partial charge >= 0.3 is 0 Å². The van der Waals surface area contributed by atoms with Crippen LogP contribution < -0.4 is 0 Å². The molecule has 0 N–H and O–H groups in total. The number of nitrogens with zero attached hydrogens (tertiary/aromatic N) is 2. The molecule has 4 rings (SSSR count). The first-order chi connectivity index (χ1) is 14.2. The number of fused-ring (bicyclic) bond motifs is 1. The number of carbonyl (C=O) groups excluding carboxylic acids is 1. The molecule has 1 aliphatic rings. The van der Waals surface area contributed by atoms with E-state index in [1.54, 1.807) is 0 Å². The molecular formula is C25H24N2OS. The van der Waals surface area contributed by atoms with Crippen molar-refractivity contribution in [1.29, 1.82) is 0 Å². The minimum atomic E-state index is 0.0437. The number of hydrogen-bond donors (Lipinski definition) is 0. The number of thioether (sulfide) groups is 1. The third-order valence-electron chi connectivity index (χ3n) is 4.99. The van der Waals surface area contributed by atoms with E-state index >= 15 is 0 Å². The van der Waals surface area contributed by atoms with Crippen LogP contribution in [-0.2, 0) is 4.79 Å². The molecule has 1 amide bonds. The Hall–Kier alpha value is -2.85. The average molecular weight is 401 g/mol. The Morgan fingerprint density at radius 1 is 1.00 bits per heavy atom. The predicted molar refractivity (Wildman–Crippen MR) is 124 cm³/mol. The Kier molecular flexibility index (Phi) is 5.81. The zero-order chi connectivity index (χ0) is 20.2. The molecule has 3 aromatic carbocycles. The standard InChI is InChI=1S/C25H24N2OS/c1-3-4-16-27-24(28)23(29-25(27)26-21-14-12-18(2)13-15-21)17-20-10-7-9-19-8-5-6-11-22(19)20/h5-15,17H,3-4,16H2,1-2H3/b23-17+,26-25?. The average Bonchev–Trinajstić information content (AvgIpc) is 3.02. The van der Waals surface area contributed by atoms with Crippen LogP contribution in [0.15, 0.2) is 76.6 Å². The molecule has 0 aliphatic carbocycles. The minimum Gasteiger partial charge on any atom is -0.286 e. The maximum absolute atomic E-state index is 13.2. The van der Waals surface area contributed by atoms with Crippen LogP contribution in [0.2, 0.25) is 0 Å². The Morgan fingerprint density at radius 2 is 1.76 bits per heavy atom. The van der Waals surface area contributed by atoms with Crippen LogP contribution in [0.1, 0.15) is 30.9 Å². The number of aryl methyl sites for hydroxylation is 1. The summed E-state index contributed by atoms with van der Waals surface area (Å²) < 4.78 is 0. The molecule has 4 heteroatoms. The zero-order valence-corrected chi connectivity index (χ0v) is 17.6. The molecule has 3 nitrogen and oxygen atoms in total. The molecule has 1 aliphatic heterocycles. The van der Waals surface area contributed by atoms with Crippen molar-refractivity contribution < 1.29 is 4.79 Å². The van der Waals surface area contributed by atoms with Gasteiger partial charge < -0.3 is 0 Å². The molecular weight excluding hydrogens is 376 g/mol. The van der Waals surface area contributed by atoms with Crippen LogP contribution in [0, 0.1) is 6.92 Å². The highest BCUT2D eigenvalue weighted by Crippen LogP contribution is 2.35. The van der Waals surface area contributed by atoms with Gasteiger partial charge in [-0.2, -0.15) is 0 Å². The summed E-state index contributed by atoms with van der Waals surface area (Å²) in [5, 5.41) is 3.09. The molecule has 29 heavy (non-hydrogen) atoms. The van der Waals surface area contributed by atoms with Gasteiger partial charge in [0.25, 0.3) is 5.91 Å². The quantitative estimate of drug-likeness (QED) is 0.455. The van der Waals surface area contributed by atoms with Crippen molar-refractivity contribution in [3.05, 3.63) is 82.8 Å². The van der Waals surface area contributed by atoms with E-state index < -0.39 is 0 Å². The molecule has 3 aromatic rings. The summed E-state index contributed by atoms with van der Waals surface area (Å²) in [5.41, 5.74) is 3.13. The van der Waals surface area contributed by atoms with Crippen LogP contribution in [0.3, 0.4) is 0 Å². The van der Waals surface area contributed by atoms with E-state index in [9.17, 15) is 4.79 Å². The number of benzene rings is 3. The Morgan fingerprint density at radius 3 is 2.55 bits per heavy atom. The van der Waals surface area contributed by atoms with E-state index in [4.69, 9.17) is 4.99 Å². The van der Waals surface area contributed by atoms with E-state index in [0.29, 0.717) is 6.54 Å². The first-order valence-corrected chi connectivity index (χ1v) is 10.8. The third-order valence-corrected chi connectivity index (χ3v) is 6.00. The van der Waals surface area contributed by atoms with Crippen molar-refractivity contribution in [3.8, 4) is 0 Å². The highest BCUT2D eigenvalue weighted by Gasteiger charge is 2.33. The molecule has 0 bridgehead atoms. The van der Waals surface area contributed by atoms with Gasteiger partial charge in [-0.3, -0.25) is 9.69 Å². The van der Waals surface area contributed by atoms with Crippen molar-refractivity contribution in [2.75, 3.05) is 6.54 Å². The summed E-state index contributed by atoms with van der Waals surface area (Å²) in [4.78, 5) is 20.5. The van der Waals surface area contributed by atoms with Crippen molar-refractivity contribution in [3.63, 3.8) is 0 Å². The molecule has 0 aromatic heterocycles. The number of aliphatic imine (C=N–C) groups is 1. The largest absolute Gasteiger partial charge is 0.286 e. The molecule has 146 valence electrons. The second kappa shape index (κ2) is 8.66. The Labute approximate surface area is 176 Å². The smallest absolute Gasteiger partial charge is 0.266 e. The monoisotopic (exact) mass is 400 g/mol. The summed E-state index contributed by atoms with van der Waals surface area (Å²) in [6.07, 6.45) is 4.00. The maximum Gasteiger partial charge on any atom is 0.266 e. The zero-order valence-electron chi connectivity index (χ0n) is 16.8. The number of amidine groups is 1. The van der Waals surface area contributed by atoms with E-state index in [1.807, 2.05) is 53.4 Å². The molecule has 1 fully saturated rings. The van der Waals surface area contributed by atoms with Crippen molar-refractivity contribution in [1.82, 2.24) is 4.90 Å². The van der Waals surface area contributed by atoms with Gasteiger partial charge in [-0.1, -0.05) is 73.5 Å². The van der Waals surface area contributed by atoms with E-state index in [2.05, 4.69) is 38.1 Å². The van der Waals surface area contributed by atoms with Crippen LogP contribution in [-0.4, -0.2) is 22.5 Å². The van der Waals surface area contributed by atoms with E-state index in [-0.39, 0.29) is 5.91 Å². The first kappa shape index (κ1) is 19.5. The second-order valence-corrected chi connectivity index (χ2v) is 8.23. The van der Waals surface area contributed by atoms with Crippen LogP contribution in [0.5, 0.6) is 0 Å². The molecule has 0 radical (unpaired) electrons. The number of amides is 1. The first-order valence-electron chi connectivity index (χ1n) is 10.0. The van der Waals surface area contributed by atoms with Gasteiger partial charge in [0.1, 0.15) is 0 Å². The lowest BCUT2D eigenvalue weighted by Gasteiger charge is -2.14. The summed E-state index contributed by atoms with van der Waals surface area (Å²) in [7, 11) is 0. The van der Waals surface area contributed by atoms with Crippen molar-refractivity contribution in [2.45, 2.75) is 26.7 Å². The number of unbranched alkanes of at least 4 members (excludes halogenated alkanes) is 1. The summed E-state index contributed by atoms with van der Waals surface area (Å²) in [5.74, 6) is 0.0437. The molecule has 0 saturated carbocycles. The van der Waals surface area contributed by atoms with Crippen molar-refractivity contribution >= 4 is 45.4 Å². The maximum atomic E-state index is 13.2. The second-order valence-electron chi connectivity index (χ2n) is 7.22. The normalized spacial score (nSPS) is 17.0. The molecule has 0 spiro atoms. The summed E-state index contributed by atoms with van der Waals surface area (Å²) in [6, 6.07) is 22.5. The molecule has 0 atom stereocenters. The fourth-order valence-corrected chi connectivity index (χ4v) is 4.37. The lowest BCUT2D eigenvalue weighted by atomic mass is 10.0. The van der Waals surface area contributed by atoms with Gasteiger partial charge in [-0.25, -0.2) is 4.99 Å². The third kappa shape index (κ3) is 4.28. The molecule has 0 unspecified atom stereocenters. The van der Waals surface area contributed by atoms with E-state index in [1.165, 1.54) is 22.7 Å². The van der Waals surface area contributed by atoms with Gasteiger partial charge in [0, 0.05) is 6.54 Å². The highest BCUT2D eigenvalue weighted by molar-refractivity contribution is 8.18. The summed E-state index contributed by atoms with van der Waals surface area (Å²) >= 11 is 1.47. The number of carbonyl (C=O) groups is 1. The fourth-order valence-electron chi connectivity index (χ4n) is 3.35. The topological polar surface area (TPSA) is 32.7 Å². The van der Waals surface area contributed by atoms with E-state index in [0.717, 1.165) is 39.6 Å². The predicted octanol–water partition coefficient (Wildman–Crippen LogP) is 6.55. The minimum absolute atomic E-state index is 0.0437. The van der Waals surface area contributed by atoms with Crippen LogP contribution >= 0.6 is 11.8 Å². The number of hydrogen-bond acceptors (Lipinski definition) is 3. The van der Waals surface area contributed by atoms with Gasteiger partial charge in [-0.15, -0.1) is 0 Å². The van der Waals surface area contributed by atoms with Gasteiger partial charge in [0.05, 0.1) is 10.6 Å². The molecule has 1 saturated heterocycles. The number of rotatable bonds is 5. The lowest BCUT2D eigenvalue weighted by molar-refractivity contribution is -0.122. The van der Waals surface area contributed by atoms with Crippen LogP contribution in [0.4, 0.5) is 5.69 Å². The Balaban J connectivity index is 1.72. The highest BCUT2D eigenvalue weighted by atomic mass is 32.2. The fraction of sp³-hybridized carbons (Fsp3) is 0.200. The summed E-state index contributed by atoms with van der Waals surface area (Å²) in [6.45, 7) is 4.89. The molecule has 1 heterocycles. The SMILES string of the molecule is CCCCN1C(=O)/C(=C\c2cccc3ccccc23)SC1=Nc1ccc(C)cc1.